The van der Waals surface area contributed by atoms with Gasteiger partial charge in [-0.1, -0.05) is 6.07 Å². The van der Waals surface area contributed by atoms with Gasteiger partial charge < -0.3 is 10.6 Å². The van der Waals surface area contributed by atoms with Crippen molar-refractivity contribution in [2.75, 3.05) is 6.54 Å². The van der Waals surface area contributed by atoms with Gasteiger partial charge in [0.2, 0.25) is 5.91 Å². The maximum absolute atomic E-state index is 12.2. The van der Waals surface area contributed by atoms with E-state index < -0.39 is 0 Å². The van der Waals surface area contributed by atoms with Crippen molar-refractivity contribution in [2.24, 2.45) is 11.7 Å². The molecule has 16 heavy (non-hydrogen) atoms. The Morgan fingerprint density at radius 3 is 3.00 bits per heavy atom. The van der Waals surface area contributed by atoms with Crippen molar-refractivity contribution < 1.29 is 4.79 Å². The van der Waals surface area contributed by atoms with E-state index in [1.165, 1.54) is 4.88 Å². The lowest BCUT2D eigenvalue weighted by Gasteiger charge is -2.24. The minimum absolute atomic E-state index is 0.112. The minimum Gasteiger partial charge on any atom is -0.335 e. The van der Waals surface area contributed by atoms with Crippen LogP contribution in [0.3, 0.4) is 0 Å². The van der Waals surface area contributed by atoms with Gasteiger partial charge in [0.1, 0.15) is 0 Å². The molecule has 3 unspecified atom stereocenters. The topological polar surface area (TPSA) is 46.3 Å². The second-order valence-corrected chi connectivity index (χ2v) is 5.69. The summed E-state index contributed by atoms with van der Waals surface area (Å²) in [6.07, 6.45) is 3.11. The molecule has 86 valence electrons. The average Bonchev–Trinajstić information content (AvgIpc) is 2.81. The molecule has 0 spiro atoms. The molecule has 2 N–H and O–H groups in total. The molecule has 2 heterocycles. The Labute approximate surface area is 99.2 Å². The molecule has 1 aliphatic carbocycles. The lowest BCUT2D eigenvalue weighted by atomic mass is 10.2. The number of rotatable bonds is 2. The van der Waals surface area contributed by atoms with Gasteiger partial charge in [0.15, 0.2) is 0 Å². The summed E-state index contributed by atoms with van der Waals surface area (Å²) in [4.78, 5) is 15.5. The molecule has 3 rings (SSSR count). The van der Waals surface area contributed by atoms with Crippen LogP contribution in [0, 0.1) is 5.92 Å². The van der Waals surface area contributed by atoms with Crippen LogP contribution in [0.1, 0.15) is 30.2 Å². The molecule has 1 saturated heterocycles. The van der Waals surface area contributed by atoms with Crippen LogP contribution in [0.2, 0.25) is 0 Å². The second-order valence-electron chi connectivity index (χ2n) is 4.71. The zero-order valence-corrected chi connectivity index (χ0v) is 9.95. The molecule has 1 amide bonds. The van der Waals surface area contributed by atoms with Gasteiger partial charge in [-0.05, 0) is 30.7 Å². The van der Waals surface area contributed by atoms with Crippen LogP contribution in [-0.2, 0) is 4.79 Å². The van der Waals surface area contributed by atoms with E-state index in [1.54, 1.807) is 11.3 Å². The van der Waals surface area contributed by atoms with E-state index in [4.69, 9.17) is 5.73 Å². The molecule has 1 aromatic rings. The van der Waals surface area contributed by atoms with E-state index in [0.29, 0.717) is 6.04 Å². The summed E-state index contributed by atoms with van der Waals surface area (Å²) in [5, 5.41) is 2.08. The number of amides is 1. The van der Waals surface area contributed by atoms with E-state index in [-0.39, 0.29) is 17.9 Å². The number of nitrogens with zero attached hydrogens (tertiary/aromatic N) is 1. The van der Waals surface area contributed by atoms with Gasteiger partial charge in [0.05, 0.1) is 12.0 Å². The maximum Gasteiger partial charge on any atom is 0.227 e. The number of nitrogens with two attached hydrogens (primary N) is 1. The zero-order valence-electron chi connectivity index (χ0n) is 9.13. The fraction of sp³-hybridized carbons (Fsp3) is 0.583. The molecule has 0 aromatic carbocycles. The Kier molecular flexibility index (Phi) is 2.48. The molecule has 4 heteroatoms. The molecule has 1 aromatic heterocycles. The Morgan fingerprint density at radius 1 is 1.56 bits per heavy atom. The molecule has 1 saturated carbocycles. The maximum atomic E-state index is 12.2. The molecule has 1 aliphatic heterocycles. The van der Waals surface area contributed by atoms with Crippen LogP contribution in [0.15, 0.2) is 17.5 Å². The fourth-order valence-electron chi connectivity index (χ4n) is 2.52. The van der Waals surface area contributed by atoms with Crippen LogP contribution in [0.4, 0.5) is 0 Å². The Morgan fingerprint density at radius 2 is 2.38 bits per heavy atom. The van der Waals surface area contributed by atoms with Crippen molar-refractivity contribution in [1.82, 2.24) is 4.90 Å². The van der Waals surface area contributed by atoms with Gasteiger partial charge in [-0.25, -0.2) is 0 Å². The van der Waals surface area contributed by atoms with E-state index in [9.17, 15) is 4.79 Å². The number of carbonyl (C=O) groups is 1. The number of likely N-dealkylation sites (tertiary alicyclic amines) is 1. The molecule has 3 nitrogen and oxygen atoms in total. The molecule has 2 fully saturated rings. The van der Waals surface area contributed by atoms with Crippen LogP contribution in [-0.4, -0.2) is 23.4 Å². The lowest BCUT2D eigenvalue weighted by molar-refractivity contribution is -0.133. The van der Waals surface area contributed by atoms with Gasteiger partial charge in [-0.3, -0.25) is 4.79 Å². The Bertz CT molecular complexity index is 390. The summed E-state index contributed by atoms with van der Waals surface area (Å²) in [5.41, 5.74) is 5.75. The summed E-state index contributed by atoms with van der Waals surface area (Å²) in [6, 6.07) is 4.63. The largest absolute Gasteiger partial charge is 0.335 e. The van der Waals surface area contributed by atoms with Crippen molar-refractivity contribution in [3.63, 3.8) is 0 Å². The predicted octanol–water partition coefficient (Wildman–Crippen LogP) is 1.76. The van der Waals surface area contributed by atoms with Crippen molar-refractivity contribution in [1.29, 1.82) is 0 Å². The third kappa shape index (κ3) is 1.66. The Hall–Kier alpha value is -0.870. The van der Waals surface area contributed by atoms with Gasteiger partial charge in [-0.15, -0.1) is 11.3 Å². The van der Waals surface area contributed by atoms with Gasteiger partial charge in [0, 0.05) is 17.5 Å². The number of thiophene rings is 1. The third-order valence-electron chi connectivity index (χ3n) is 3.56. The van der Waals surface area contributed by atoms with Gasteiger partial charge in [-0.2, -0.15) is 0 Å². The Balaban J connectivity index is 1.77. The molecule has 0 radical (unpaired) electrons. The third-order valence-corrected chi connectivity index (χ3v) is 4.54. The normalized spacial score (nSPS) is 33.1. The highest BCUT2D eigenvalue weighted by Crippen LogP contribution is 2.39. The van der Waals surface area contributed by atoms with Crippen LogP contribution < -0.4 is 5.73 Å². The molecular formula is C12H16N2OS. The molecule has 3 atom stereocenters. The number of hydrogen-bond donors (Lipinski definition) is 1. The number of hydrogen-bond acceptors (Lipinski definition) is 3. The first-order valence-electron chi connectivity index (χ1n) is 5.87. The quantitative estimate of drug-likeness (QED) is 0.850. The van der Waals surface area contributed by atoms with Crippen molar-refractivity contribution in [3.8, 4) is 0 Å². The number of carbonyl (C=O) groups excluding carboxylic acids is 1. The highest BCUT2D eigenvalue weighted by Gasteiger charge is 2.45. The lowest BCUT2D eigenvalue weighted by Crippen LogP contribution is -2.33. The first-order valence-corrected chi connectivity index (χ1v) is 6.75. The average molecular weight is 236 g/mol. The fourth-order valence-corrected chi connectivity index (χ4v) is 3.39. The summed E-state index contributed by atoms with van der Waals surface area (Å²) < 4.78 is 0. The summed E-state index contributed by atoms with van der Waals surface area (Å²) >= 11 is 1.75. The molecular weight excluding hydrogens is 220 g/mol. The SMILES string of the molecule is NC1CC1C(=O)N1CCCC1c1cccs1. The second kappa shape index (κ2) is 3.86. The first-order chi connectivity index (χ1) is 7.77. The van der Waals surface area contributed by atoms with E-state index in [0.717, 1.165) is 25.8 Å². The first kappa shape index (κ1) is 10.3. The standard InChI is InChI=1S/C12H16N2OS/c13-9-7-8(9)12(15)14-5-1-3-10(14)11-4-2-6-16-11/h2,4,6,8-10H,1,3,5,7,13H2. The molecule has 0 bridgehead atoms. The van der Waals surface area contributed by atoms with Crippen molar-refractivity contribution >= 4 is 17.2 Å². The summed E-state index contributed by atoms with van der Waals surface area (Å²) in [5.74, 6) is 0.393. The highest BCUT2D eigenvalue weighted by atomic mass is 32.1. The monoisotopic (exact) mass is 236 g/mol. The summed E-state index contributed by atoms with van der Waals surface area (Å²) in [7, 11) is 0. The highest BCUT2D eigenvalue weighted by molar-refractivity contribution is 7.10. The summed E-state index contributed by atoms with van der Waals surface area (Å²) in [6.45, 7) is 0.907. The van der Waals surface area contributed by atoms with Crippen molar-refractivity contribution in [2.45, 2.75) is 31.3 Å². The minimum atomic E-state index is 0.112. The zero-order chi connectivity index (χ0) is 11.1. The van der Waals surface area contributed by atoms with E-state index >= 15 is 0 Å². The van der Waals surface area contributed by atoms with Crippen molar-refractivity contribution in [3.05, 3.63) is 22.4 Å². The smallest absolute Gasteiger partial charge is 0.227 e. The predicted molar refractivity (Wildman–Crippen MR) is 64.1 cm³/mol. The van der Waals surface area contributed by atoms with Crippen LogP contribution in [0.5, 0.6) is 0 Å². The van der Waals surface area contributed by atoms with Crippen LogP contribution in [0.25, 0.3) is 0 Å². The van der Waals surface area contributed by atoms with Gasteiger partial charge in [0.25, 0.3) is 0 Å². The van der Waals surface area contributed by atoms with Gasteiger partial charge >= 0.3 is 0 Å². The molecule has 2 aliphatic rings. The van der Waals surface area contributed by atoms with E-state index in [2.05, 4.69) is 17.5 Å². The van der Waals surface area contributed by atoms with E-state index in [1.807, 2.05) is 4.90 Å². The van der Waals surface area contributed by atoms with Crippen LogP contribution >= 0.6 is 11.3 Å².